The molecule has 0 atom stereocenters. The molecule has 0 aromatic heterocycles. The first-order valence-electron chi connectivity index (χ1n) is 7.52. The normalized spacial score (nSPS) is 16.3. The van der Waals surface area contributed by atoms with Crippen molar-refractivity contribution < 1.29 is 4.79 Å². The number of benzene rings is 1. The molecule has 0 spiro atoms. The Balaban J connectivity index is 1.99. The van der Waals surface area contributed by atoms with Crippen LogP contribution in [0.3, 0.4) is 0 Å². The molecule has 1 aliphatic heterocycles. The molecule has 5 nitrogen and oxygen atoms in total. The summed E-state index contributed by atoms with van der Waals surface area (Å²) in [5.41, 5.74) is 5.18. The summed E-state index contributed by atoms with van der Waals surface area (Å²) in [6.07, 6.45) is 2.18. The number of hydrazine groups is 1. The van der Waals surface area contributed by atoms with Crippen LogP contribution >= 0.6 is 0 Å². The van der Waals surface area contributed by atoms with Gasteiger partial charge in [0.2, 0.25) is 0 Å². The van der Waals surface area contributed by atoms with Gasteiger partial charge in [0, 0.05) is 30.9 Å². The molecule has 116 valence electrons. The number of hydrogen-bond donors (Lipinski definition) is 2. The lowest BCUT2D eigenvalue weighted by atomic mass is 9.95. The van der Waals surface area contributed by atoms with E-state index in [0.29, 0.717) is 5.92 Å². The molecule has 1 amide bonds. The fraction of sp³-hybridized carbons (Fsp3) is 0.562. The van der Waals surface area contributed by atoms with E-state index in [1.807, 2.05) is 30.0 Å². The molecule has 3 N–H and O–H groups in total. The first kappa shape index (κ1) is 15.8. The monoisotopic (exact) mass is 290 g/mol. The smallest absolute Gasteiger partial charge is 0.254 e. The zero-order chi connectivity index (χ0) is 15.4. The van der Waals surface area contributed by atoms with Crippen LogP contribution < -0.4 is 11.3 Å². The van der Waals surface area contributed by atoms with Crippen LogP contribution in [0.4, 0.5) is 5.69 Å². The minimum atomic E-state index is 0.138. The van der Waals surface area contributed by atoms with Crippen molar-refractivity contribution in [1.29, 1.82) is 0 Å². The Morgan fingerprint density at radius 1 is 1.38 bits per heavy atom. The van der Waals surface area contributed by atoms with Gasteiger partial charge >= 0.3 is 0 Å². The number of likely N-dealkylation sites (tertiary alicyclic amines) is 1. The Labute approximate surface area is 127 Å². The van der Waals surface area contributed by atoms with E-state index in [4.69, 9.17) is 5.84 Å². The second-order valence-corrected chi connectivity index (χ2v) is 6.17. The topological polar surface area (TPSA) is 61.6 Å². The van der Waals surface area contributed by atoms with Gasteiger partial charge in [0.25, 0.3) is 5.91 Å². The van der Waals surface area contributed by atoms with Gasteiger partial charge < -0.3 is 15.2 Å². The van der Waals surface area contributed by atoms with Crippen LogP contribution in [0.25, 0.3) is 0 Å². The maximum atomic E-state index is 12.6. The van der Waals surface area contributed by atoms with Crippen molar-refractivity contribution >= 4 is 11.6 Å². The quantitative estimate of drug-likeness (QED) is 0.654. The van der Waals surface area contributed by atoms with E-state index in [0.717, 1.165) is 49.3 Å². The highest BCUT2D eigenvalue weighted by Crippen LogP contribution is 2.22. The van der Waals surface area contributed by atoms with Crippen LogP contribution in [0.2, 0.25) is 0 Å². The first-order chi connectivity index (χ1) is 10.0. The predicted octanol–water partition coefficient (Wildman–Crippen LogP) is 1.69. The van der Waals surface area contributed by atoms with E-state index in [1.165, 1.54) is 0 Å². The third-order valence-corrected chi connectivity index (χ3v) is 4.15. The molecule has 0 bridgehead atoms. The van der Waals surface area contributed by atoms with Crippen molar-refractivity contribution in [1.82, 2.24) is 9.80 Å². The molecule has 21 heavy (non-hydrogen) atoms. The van der Waals surface area contributed by atoms with Gasteiger partial charge in [-0.15, -0.1) is 0 Å². The van der Waals surface area contributed by atoms with E-state index in [2.05, 4.69) is 24.4 Å². The molecule has 1 fully saturated rings. The molecule has 0 unspecified atom stereocenters. The Bertz CT molecular complexity index is 493. The summed E-state index contributed by atoms with van der Waals surface area (Å²) in [7, 11) is 4.21. The van der Waals surface area contributed by atoms with Gasteiger partial charge in [-0.25, -0.2) is 0 Å². The molecule has 1 saturated heterocycles. The highest BCUT2D eigenvalue weighted by molar-refractivity contribution is 5.96. The lowest BCUT2D eigenvalue weighted by Crippen LogP contribution is -2.40. The largest absolute Gasteiger partial charge is 0.339 e. The number of hydrogen-bond acceptors (Lipinski definition) is 4. The molecule has 0 aliphatic carbocycles. The number of piperidine rings is 1. The average molecular weight is 290 g/mol. The number of carbonyl (C=O) groups is 1. The summed E-state index contributed by atoms with van der Waals surface area (Å²) >= 11 is 0. The van der Waals surface area contributed by atoms with E-state index in [9.17, 15) is 4.79 Å². The summed E-state index contributed by atoms with van der Waals surface area (Å²) in [6, 6.07) is 5.61. The second-order valence-electron chi connectivity index (χ2n) is 6.17. The number of rotatable bonds is 4. The summed E-state index contributed by atoms with van der Waals surface area (Å²) in [5, 5.41) is 0. The SMILES string of the molecule is Cc1cc(NN)ccc1C(=O)N1CCC(CN(C)C)CC1. The van der Waals surface area contributed by atoms with Crippen LogP contribution in [0, 0.1) is 12.8 Å². The van der Waals surface area contributed by atoms with Crippen LogP contribution in [0.5, 0.6) is 0 Å². The summed E-state index contributed by atoms with van der Waals surface area (Å²) < 4.78 is 0. The number of nitrogens with two attached hydrogens (primary N) is 1. The number of amides is 1. The van der Waals surface area contributed by atoms with Crippen molar-refractivity contribution in [2.75, 3.05) is 39.2 Å². The highest BCUT2D eigenvalue weighted by atomic mass is 16.2. The first-order valence-corrected chi connectivity index (χ1v) is 7.52. The van der Waals surface area contributed by atoms with Crippen LogP contribution in [-0.4, -0.2) is 49.4 Å². The van der Waals surface area contributed by atoms with Crippen molar-refractivity contribution in [3.63, 3.8) is 0 Å². The standard InChI is InChI=1S/C16H26N4O/c1-12-10-14(18-17)4-5-15(12)16(21)20-8-6-13(7-9-20)11-19(2)3/h4-5,10,13,18H,6-9,11,17H2,1-3H3. The number of anilines is 1. The van der Waals surface area contributed by atoms with E-state index in [-0.39, 0.29) is 5.91 Å². The molecule has 2 rings (SSSR count). The molecule has 0 saturated carbocycles. The van der Waals surface area contributed by atoms with Gasteiger partial charge in [0.1, 0.15) is 0 Å². The summed E-state index contributed by atoms with van der Waals surface area (Å²) in [5.74, 6) is 6.23. The van der Waals surface area contributed by atoms with Gasteiger partial charge in [-0.1, -0.05) is 0 Å². The van der Waals surface area contributed by atoms with Crippen molar-refractivity contribution in [3.05, 3.63) is 29.3 Å². The summed E-state index contributed by atoms with van der Waals surface area (Å²) in [4.78, 5) is 16.8. The van der Waals surface area contributed by atoms with Crippen molar-refractivity contribution in [2.45, 2.75) is 19.8 Å². The maximum absolute atomic E-state index is 12.6. The fourth-order valence-corrected chi connectivity index (χ4v) is 3.00. The third-order valence-electron chi connectivity index (χ3n) is 4.15. The van der Waals surface area contributed by atoms with Gasteiger partial charge in [-0.05, 0) is 63.5 Å². The molecular weight excluding hydrogens is 264 g/mol. The predicted molar refractivity (Wildman–Crippen MR) is 86.2 cm³/mol. The molecule has 1 heterocycles. The molecule has 0 radical (unpaired) electrons. The summed E-state index contributed by atoms with van der Waals surface area (Å²) in [6.45, 7) is 4.77. The molecule has 1 aromatic rings. The Morgan fingerprint density at radius 2 is 2.05 bits per heavy atom. The zero-order valence-electron chi connectivity index (χ0n) is 13.2. The van der Waals surface area contributed by atoms with Gasteiger partial charge in [0.05, 0.1) is 0 Å². The second kappa shape index (κ2) is 6.91. The van der Waals surface area contributed by atoms with Gasteiger partial charge in [-0.3, -0.25) is 10.6 Å². The van der Waals surface area contributed by atoms with Crippen LogP contribution in [0.1, 0.15) is 28.8 Å². The molecule has 1 aromatic carbocycles. The molecular formula is C16H26N4O. The Morgan fingerprint density at radius 3 is 2.57 bits per heavy atom. The number of nitrogens with zero attached hydrogens (tertiary/aromatic N) is 2. The lowest BCUT2D eigenvalue weighted by Gasteiger charge is -2.33. The van der Waals surface area contributed by atoms with Crippen LogP contribution in [0.15, 0.2) is 18.2 Å². The minimum absolute atomic E-state index is 0.138. The van der Waals surface area contributed by atoms with E-state index < -0.39 is 0 Å². The molecule has 5 heteroatoms. The number of aryl methyl sites for hydroxylation is 1. The third kappa shape index (κ3) is 3.95. The van der Waals surface area contributed by atoms with Gasteiger partial charge in [0.15, 0.2) is 0 Å². The van der Waals surface area contributed by atoms with E-state index in [1.54, 1.807) is 0 Å². The Kier molecular flexibility index (Phi) is 5.20. The van der Waals surface area contributed by atoms with E-state index >= 15 is 0 Å². The number of nitrogens with one attached hydrogen (secondary N) is 1. The Hall–Kier alpha value is -1.59. The average Bonchev–Trinajstić information content (AvgIpc) is 2.46. The zero-order valence-corrected chi connectivity index (χ0v) is 13.2. The van der Waals surface area contributed by atoms with Crippen LogP contribution in [-0.2, 0) is 0 Å². The fourth-order valence-electron chi connectivity index (χ4n) is 3.00. The van der Waals surface area contributed by atoms with Gasteiger partial charge in [-0.2, -0.15) is 0 Å². The number of nitrogen functional groups attached to an aromatic ring is 1. The molecule has 1 aliphatic rings. The number of carbonyl (C=O) groups excluding carboxylic acids is 1. The lowest BCUT2D eigenvalue weighted by molar-refractivity contribution is 0.0677. The maximum Gasteiger partial charge on any atom is 0.254 e. The minimum Gasteiger partial charge on any atom is -0.339 e. The van der Waals surface area contributed by atoms with Crippen molar-refractivity contribution in [3.8, 4) is 0 Å². The highest BCUT2D eigenvalue weighted by Gasteiger charge is 2.24. The van der Waals surface area contributed by atoms with Crippen molar-refractivity contribution in [2.24, 2.45) is 11.8 Å².